The average molecular weight is 226 g/mol. The molecule has 0 fully saturated rings. The lowest BCUT2D eigenvalue weighted by Gasteiger charge is -2.23. The van der Waals surface area contributed by atoms with Gasteiger partial charge in [0.2, 0.25) is 0 Å². The van der Waals surface area contributed by atoms with Crippen LogP contribution in [0.5, 0.6) is 0 Å². The summed E-state index contributed by atoms with van der Waals surface area (Å²) in [6, 6.07) is -0.586. The molecule has 1 aromatic heterocycles. The molecule has 1 heterocycles. The van der Waals surface area contributed by atoms with Crippen LogP contribution in [0, 0.1) is 0 Å². The van der Waals surface area contributed by atoms with Crippen LogP contribution in [0.25, 0.3) is 0 Å². The van der Waals surface area contributed by atoms with Gasteiger partial charge in [-0.15, -0.1) is 0 Å². The maximum atomic E-state index is 11.4. The maximum Gasteiger partial charge on any atom is 0.409 e. The van der Waals surface area contributed by atoms with Gasteiger partial charge in [0.25, 0.3) is 0 Å². The first-order valence-electron chi connectivity index (χ1n) is 4.72. The molecule has 16 heavy (non-hydrogen) atoms. The van der Waals surface area contributed by atoms with E-state index in [1.807, 2.05) is 0 Å². The Bertz CT molecular complexity index is 363. The molecule has 0 aliphatic rings. The molecular formula is C9H14N4O3. The predicted molar refractivity (Wildman–Crippen MR) is 54.7 cm³/mol. The first-order valence-corrected chi connectivity index (χ1v) is 4.72. The van der Waals surface area contributed by atoms with Crippen molar-refractivity contribution in [1.82, 2.24) is 20.3 Å². The van der Waals surface area contributed by atoms with Crippen molar-refractivity contribution in [3.63, 3.8) is 0 Å². The minimum Gasteiger partial charge on any atom is -0.453 e. The Morgan fingerprint density at radius 1 is 1.62 bits per heavy atom. The highest BCUT2D eigenvalue weighted by molar-refractivity contribution is 5.85. The number of aromatic nitrogens is 3. The van der Waals surface area contributed by atoms with Gasteiger partial charge in [-0.25, -0.2) is 4.79 Å². The molecule has 0 spiro atoms. The molecule has 0 unspecified atom stereocenters. The maximum absolute atomic E-state index is 11.4. The number of ketones is 1. The molecule has 1 atom stereocenters. The minimum atomic E-state index is -0.586. The van der Waals surface area contributed by atoms with Gasteiger partial charge in [-0.3, -0.25) is 4.79 Å². The molecule has 0 saturated carbocycles. The second-order valence-corrected chi connectivity index (χ2v) is 3.37. The highest BCUT2D eigenvalue weighted by atomic mass is 16.5. The van der Waals surface area contributed by atoms with Crippen molar-refractivity contribution in [3.8, 4) is 0 Å². The Balaban J connectivity index is 2.75. The van der Waals surface area contributed by atoms with E-state index in [-0.39, 0.29) is 5.78 Å². The fourth-order valence-corrected chi connectivity index (χ4v) is 1.35. The Labute approximate surface area is 92.8 Å². The summed E-state index contributed by atoms with van der Waals surface area (Å²) < 4.78 is 4.55. The van der Waals surface area contributed by atoms with Gasteiger partial charge in [0, 0.05) is 13.5 Å². The normalized spacial score (nSPS) is 11.9. The number of carbonyl (C=O) groups is 2. The number of H-pyrrole nitrogens is 1. The number of amides is 1. The number of hydrogen-bond donors (Lipinski definition) is 1. The molecule has 0 aromatic carbocycles. The number of hydrogen-bond acceptors (Lipinski definition) is 5. The van der Waals surface area contributed by atoms with E-state index < -0.39 is 12.1 Å². The third-order valence-electron chi connectivity index (χ3n) is 2.27. The molecule has 1 amide bonds. The molecule has 7 nitrogen and oxygen atoms in total. The van der Waals surface area contributed by atoms with Crippen LogP contribution in [0.3, 0.4) is 0 Å². The SMILES string of the molecule is COC(=O)N(C)[C@@H](Cc1cn[nH]n1)C(C)=O. The van der Waals surface area contributed by atoms with Crippen LogP contribution in [-0.4, -0.2) is 52.4 Å². The summed E-state index contributed by atoms with van der Waals surface area (Å²) in [4.78, 5) is 24.0. The molecule has 1 aromatic rings. The van der Waals surface area contributed by atoms with E-state index in [0.29, 0.717) is 12.1 Å². The van der Waals surface area contributed by atoms with E-state index >= 15 is 0 Å². The van der Waals surface area contributed by atoms with Crippen LogP contribution in [0.15, 0.2) is 6.20 Å². The Morgan fingerprint density at radius 2 is 2.31 bits per heavy atom. The van der Waals surface area contributed by atoms with Crippen LogP contribution in [0.1, 0.15) is 12.6 Å². The largest absolute Gasteiger partial charge is 0.453 e. The van der Waals surface area contributed by atoms with Crippen LogP contribution < -0.4 is 0 Å². The van der Waals surface area contributed by atoms with Gasteiger partial charge in [0.05, 0.1) is 25.0 Å². The van der Waals surface area contributed by atoms with Crippen molar-refractivity contribution in [2.24, 2.45) is 0 Å². The van der Waals surface area contributed by atoms with E-state index in [2.05, 4.69) is 20.1 Å². The van der Waals surface area contributed by atoms with Crippen LogP contribution in [0.4, 0.5) is 4.79 Å². The number of carbonyl (C=O) groups excluding carboxylic acids is 2. The smallest absolute Gasteiger partial charge is 0.409 e. The molecule has 1 N–H and O–H groups in total. The van der Waals surface area contributed by atoms with E-state index in [9.17, 15) is 9.59 Å². The van der Waals surface area contributed by atoms with Crippen molar-refractivity contribution in [3.05, 3.63) is 11.9 Å². The number of ether oxygens (including phenoxy) is 1. The standard InChI is InChI=1S/C9H14N4O3/c1-6(14)8(13(2)9(15)16-3)4-7-5-10-12-11-7/h5,8H,4H2,1-3H3,(H,10,11,12)/t8-/m0/s1. The second kappa shape index (κ2) is 5.24. The zero-order chi connectivity index (χ0) is 12.1. The summed E-state index contributed by atoms with van der Waals surface area (Å²) in [5.74, 6) is -0.129. The molecule has 0 radical (unpaired) electrons. The number of rotatable bonds is 4. The lowest BCUT2D eigenvalue weighted by molar-refractivity contribution is -0.121. The summed E-state index contributed by atoms with van der Waals surface area (Å²) in [6.07, 6.45) is 1.28. The van der Waals surface area contributed by atoms with E-state index in [4.69, 9.17) is 0 Å². The van der Waals surface area contributed by atoms with E-state index in [1.54, 1.807) is 0 Å². The molecule has 88 valence electrons. The lowest BCUT2D eigenvalue weighted by Crippen LogP contribution is -2.42. The first kappa shape index (κ1) is 12.2. The number of aromatic amines is 1. The Hall–Kier alpha value is -1.92. The number of nitrogens with zero attached hydrogens (tertiary/aromatic N) is 3. The zero-order valence-electron chi connectivity index (χ0n) is 9.43. The Morgan fingerprint density at radius 3 is 2.75 bits per heavy atom. The minimum absolute atomic E-state index is 0.129. The monoisotopic (exact) mass is 226 g/mol. The molecular weight excluding hydrogens is 212 g/mol. The fraction of sp³-hybridized carbons (Fsp3) is 0.556. The van der Waals surface area contributed by atoms with Gasteiger partial charge in [-0.2, -0.15) is 15.4 Å². The molecule has 0 aliphatic heterocycles. The van der Waals surface area contributed by atoms with Gasteiger partial charge >= 0.3 is 6.09 Å². The summed E-state index contributed by atoms with van der Waals surface area (Å²) in [6.45, 7) is 1.42. The number of Topliss-reactive ketones (excluding diaryl/α,β-unsaturated/α-hetero) is 1. The first-order chi connectivity index (χ1) is 7.56. The summed E-state index contributed by atoms with van der Waals surface area (Å²) in [5.41, 5.74) is 0.621. The highest BCUT2D eigenvalue weighted by Gasteiger charge is 2.25. The predicted octanol–water partition coefficient (Wildman–Crippen LogP) is 0.00300. The lowest BCUT2D eigenvalue weighted by atomic mass is 10.1. The second-order valence-electron chi connectivity index (χ2n) is 3.37. The van der Waals surface area contributed by atoms with Crippen LogP contribution in [-0.2, 0) is 16.0 Å². The average Bonchev–Trinajstić information content (AvgIpc) is 2.76. The summed E-state index contributed by atoms with van der Waals surface area (Å²) >= 11 is 0. The van der Waals surface area contributed by atoms with Crippen molar-refractivity contribution < 1.29 is 14.3 Å². The Kier molecular flexibility index (Phi) is 3.98. The number of methoxy groups -OCH3 is 1. The van der Waals surface area contributed by atoms with Crippen molar-refractivity contribution in [2.75, 3.05) is 14.2 Å². The quantitative estimate of drug-likeness (QED) is 0.780. The number of likely N-dealkylation sites (N-methyl/N-ethyl adjacent to an activating group) is 1. The van der Waals surface area contributed by atoms with E-state index in [1.165, 1.54) is 32.2 Å². The van der Waals surface area contributed by atoms with Gasteiger partial charge in [-0.05, 0) is 6.92 Å². The number of nitrogens with one attached hydrogen (secondary N) is 1. The fourth-order valence-electron chi connectivity index (χ4n) is 1.35. The van der Waals surface area contributed by atoms with Crippen LogP contribution >= 0.6 is 0 Å². The molecule has 0 saturated heterocycles. The summed E-state index contributed by atoms with van der Waals surface area (Å²) in [7, 11) is 2.78. The third-order valence-corrected chi connectivity index (χ3v) is 2.27. The topological polar surface area (TPSA) is 88.2 Å². The van der Waals surface area contributed by atoms with Gasteiger partial charge in [-0.1, -0.05) is 0 Å². The molecule has 0 aliphatic carbocycles. The van der Waals surface area contributed by atoms with Crippen molar-refractivity contribution >= 4 is 11.9 Å². The van der Waals surface area contributed by atoms with E-state index in [0.717, 1.165) is 0 Å². The zero-order valence-corrected chi connectivity index (χ0v) is 9.43. The molecule has 1 rings (SSSR count). The van der Waals surface area contributed by atoms with Gasteiger partial charge < -0.3 is 9.64 Å². The van der Waals surface area contributed by atoms with Crippen LogP contribution in [0.2, 0.25) is 0 Å². The molecule has 0 bridgehead atoms. The van der Waals surface area contributed by atoms with Crippen molar-refractivity contribution in [2.45, 2.75) is 19.4 Å². The third kappa shape index (κ3) is 2.78. The van der Waals surface area contributed by atoms with Crippen molar-refractivity contribution in [1.29, 1.82) is 0 Å². The molecule has 7 heteroatoms. The van der Waals surface area contributed by atoms with Gasteiger partial charge in [0.1, 0.15) is 0 Å². The van der Waals surface area contributed by atoms with Gasteiger partial charge in [0.15, 0.2) is 5.78 Å². The summed E-state index contributed by atoms with van der Waals surface area (Å²) in [5, 5.41) is 9.93. The highest BCUT2D eigenvalue weighted by Crippen LogP contribution is 2.07.